The number of aryl methyl sites for hydroxylation is 1. The Labute approximate surface area is 199 Å². The van der Waals surface area contributed by atoms with Gasteiger partial charge < -0.3 is 14.6 Å². The number of ether oxygens (including phenoxy) is 1. The summed E-state index contributed by atoms with van der Waals surface area (Å²) >= 11 is 3.47. The molecule has 8 nitrogen and oxygen atoms in total. The zero-order chi connectivity index (χ0) is 22.8. The first-order valence-corrected chi connectivity index (χ1v) is 12.0. The van der Waals surface area contributed by atoms with Gasteiger partial charge in [0.1, 0.15) is 11.4 Å². The number of benzene rings is 2. The Balaban J connectivity index is 1.41. The van der Waals surface area contributed by atoms with E-state index in [4.69, 9.17) is 4.74 Å². The molecule has 2 heterocycles. The quantitative estimate of drug-likeness (QED) is 0.366. The molecule has 2 N–H and O–H groups in total. The molecule has 0 atom stereocenters. The molecule has 5 rings (SSSR count). The fraction of sp³-hybridized carbons (Fsp3) is 0.333. The van der Waals surface area contributed by atoms with Gasteiger partial charge in [-0.1, -0.05) is 47.3 Å². The third-order valence-electron chi connectivity index (χ3n) is 6.28. The summed E-state index contributed by atoms with van der Waals surface area (Å²) in [6, 6.07) is 13.4. The van der Waals surface area contributed by atoms with Crippen LogP contribution in [0.3, 0.4) is 0 Å². The third-order valence-corrected chi connectivity index (χ3v) is 6.77. The number of hydrogen-bond acceptors (Lipinski definition) is 5. The van der Waals surface area contributed by atoms with Crippen LogP contribution in [0, 0.1) is 5.92 Å². The molecular weight excluding hydrogens is 484 g/mol. The van der Waals surface area contributed by atoms with Gasteiger partial charge >= 0.3 is 0 Å². The van der Waals surface area contributed by atoms with E-state index in [0.29, 0.717) is 28.7 Å². The zero-order valence-corrected chi connectivity index (χ0v) is 19.9. The van der Waals surface area contributed by atoms with Crippen LogP contribution < -0.4 is 10.1 Å². The van der Waals surface area contributed by atoms with Gasteiger partial charge in [-0.05, 0) is 59.5 Å². The lowest BCUT2D eigenvalue weighted by Crippen LogP contribution is -2.17. The summed E-state index contributed by atoms with van der Waals surface area (Å²) < 4.78 is 9.00. The Morgan fingerprint density at radius 1 is 1.21 bits per heavy atom. The van der Waals surface area contributed by atoms with E-state index in [1.54, 1.807) is 0 Å². The largest absolute Gasteiger partial charge is 0.491 e. The van der Waals surface area contributed by atoms with Crippen LogP contribution in [-0.4, -0.2) is 37.7 Å². The third kappa shape index (κ3) is 4.50. The van der Waals surface area contributed by atoms with Crippen molar-refractivity contribution in [2.24, 2.45) is 13.0 Å². The molecule has 33 heavy (non-hydrogen) atoms. The van der Waals surface area contributed by atoms with E-state index in [1.807, 2.05) is 54.1 Å². The molecule has 9 heteroatoms. The Morgan fingerprint density at radius 3 is 2.85 bits per heavy atom. The van der Waals surface area contributed by atoms with Crippen molar-refractivity contribution in [3.8, 4) is 17.1 Å². The van der Waals surface area contributed by atoms with Crippen molar-refractivity contribution in [1.29, 1.82) is 0 Å². The highest BCUT2D eigenvalue weighted by Gasteiger charge is 2.20. The van der Waals surface area contributed by atoms with Crippen molar-refractivity contribution < 1.29 is 9.53 Å². The minimum atomic E-state index is -0.219. The van der Waals surface area contributed by atoms with Crippen LogP contribution in [-0.2, 0) is 7.05 Å². The van der Waals surface area contributed by atoms with E-state index in [1.165, 1.54) is 32.1 Å². The van der Waals surface area contributed by atoms with Gasteiger partial charge in [0.2, 0.25) is 0 Å². The van der Waals surface area contributed by atoms with Crippen molar-refractivity contribution in [3.05, 3.63) is 52.6 Å². The Bertz CT molecular complexity index is 1280. The van der Waals surface area contributed by atoms with Gasteiger partial charge in [-0.3, -0.25) is 4.79 Å². The minimum absolute atomic E-state index is 0.219. The second kappa shape index (κ2) is 9.35. The fourth-order valence-electron chi connectivity index (χ4n) is 4.56. The predicted molar refractivity (Wildman–Crippen MR) is 130 cm³/mol. The standard InChI is InChI=1S/C24H25BrN6O2/c1-31-20(24(32)26-19-11-10-17(25)13-18(19)23-27-29-30-28-23)12-16-8-5-9-21(22(16)31)33-14-15-6-3-2-4-7-15/h5,8-13,15H,2-4,6-7,14H2,1H3,(H,26,32)(H,27,28,29,30). The summed E-state index contributed by atoms with van der Waals surface area (Å²) in [5.41, 5.74) is 2.77. The summed E-state index contributed by atoms with van der Waals surface area (Å²) in [6.45, 7) is 0.722. The molecule has 0 aliphatic heterocycles. The van der Waals surface area contributed by atoms with E-state index in [9.17, 15) is 4.79 Å². The van der Waals surface area contributed by atoms with Crippen molar-refractivity contribution in [2.45, 2.75) is 32.1 Å². The topological polar surface area (TPSA) is 97.7 Å². The maximum atomic E-state index is 13.3. The molecule has 2 aromatic carbocycles. The number of aromatic nitrogens is 5. The van der Waals surface area contributed by atoms with Crippen molar-refractivity contribution >= 4 is 38.4 Å². The van der Waals surface area contributed by atoms with Gasteiger partial charge in [0.25, 0.3) is 5.91 Å². The lowest BCUT2D eigenvalue weighted by atomic mass is 9.90. The van der Waals surface area contributed by atoms with Crippen LogP contribution in [0.25, 0.3) is 22.3 Å². The normalized spacial score (nSPS) is 14.5. The number of amides is 1. The van der Waals surface area contributed by atoms with E-state index < -0.39 is 0 Å². The van der Waals surface area contributed by atoms with Crippen LogP contribution in [0.15, 0.2) is 46.9 Å². The maximum Gasteiger partial charge on any atom is 0.272 e. The number of para-hydroxylation sites is 1. The number of anilines is 1. The van der Waals surface area contributed by atoms with Gasteiger partial charge in [-0.15, -0.1) is 5.10 Å². The molecule has 0 spiro atoms. The monoisotopic (exact) mass is 508 g/mol. The molecule has 170 valence electrons. The number of fused-ring (bicyclic) bond motifs is 1. The maximum absolute atomic E-state index is 13.3. The first-order chi connectivity index (χ1) is 16.1. The molecule has 0 bridgehead atoms. The van der Waals surface area contributed by atoms with Crippen molar-refractivity contribution in [2.75, 3.05) is 11.9 Å². The lowest BCUT2D eigenvalue weighted by Gasteiger charge is -2.22. The predicted octanol–water partition coefficient (Wildman–Crippen LogP) is 5.33. The van der Waals surface area contributed by atoms with E-state index in [0.717, 1.165) is 27.7 Å². The average molecular weight is 509 g/mol. The molecule has 0 saturated heterocycles. The summed E-state index contributed by atoms with van der Waals surface area (Å²) in [4.78, 5) is 13.3. The average Bonchev–Trinajstić information content (AvgIpc) is 3.48. The Morgan fingerprint density at radius 2 is 2.06 bits per heavy atom. The zero-order valence-electron chi connectivity index (χ0n) is 18.3. The molecule has 1 fully saturated rings. The van der Waals surface area contributed by atoms with Crippen molar-refractivity contribution in [3.63, 3.8) is 0 Å². The summed E-state index contributed by atoms with van der Waals surface area (Å²) in [6.07, 6.45) is 6.36. The van der Waals surface area contributed by atoms with Gasteiger partial charge in [0.05, 0.1) is 17.8 Å². The van der Waals surface area contributed by atoms with Crippen LogP contribution in [0.1, 0.15) is 42.6 Å². The molecule has 1 aliphatic rings. The SMILES string of the molecule is Cn1c(C(=O)Nc2ccc(Br)cc2-c2nnn[nH]2)cc2cccc(OCC3CCCCC3)c21. The smallest absolute Gasteiger partial charge is 0.272 e. The number of halogens is 1. The number of carbonyl (C=O) groups excluding carboxylic acids is 1. The van der Waals surface area contributed by atoms with Crippen molar-refractivity contribution in [1.82, 2.24) is 25.2 Å². The first-order valence-electron chi connectivity index (χ1n) is 11.2. The molecule has 0 radical (unpaired) electrons. The molecule has 2 aromatic heterocycles. The van der Waals surface area contributed by atoms with Crippen LogP contribution in [0.5, 0.6) is 5.75 Å². The molecular formula is C24H25BrN6O2. The summed E-state index contributed by atoms with van der Waals surface area (Å²) in [7, 11) is 1.90. The molecule has 1 aliphatic carbocycles. The summed E-state index contributed by atoms with van der Waals surface area (Å²) in [5.74, 6) is 1.68. The molecule has 4 aromatic rings. The van der Waals surface area contributed by atoms with Gasteiger partial charge in [-0.25, -0.2) is 5.10 Å². The minimum Gasteiger partial charge on any atom is -0.491 e. The number of aromatic amines is 1. The number of carbonyl (C=O) groups is 1. The highest BCUT2D eigenvalue weighted by atomic mass is 79.9. The van der Waals surface area contributed by atoms with Gasteiger partial charge in [0.15, 0.2) is 5.82 Å². The number of nitrogens with zero attached hydrogens (tertiary/aromatic N) is 4. The van der Waals surface area contributed by atoms with Crippen LogP contribution in [0.4, 0.5) is 5.69 Å². The fourth-order valence-corrected chi connectivity index (χ4v) is 4.92. The Kier molecular flexibility index (Phi) is 6.13. The van der Waals surface area contributed by atoms with Gasteiger partial charge in [-0.2, -0.15) is 0 Å². The Hall–Kier alpha value is -3.20. The van der Waals surface area contributed by atoms with E-state index in [-0.39, 0.29) is 5.91 Å². The second-order valence-corrected chi connectivity index (χ2v) is 9.41. The van der Waals surface area contributed by atoms with Crippen LogP contribution in [0.2, 0.25) is 0 Å². The van der Waals surface area contributed by atoms with E-state index in [2.05, 4.69) is 41.9 Å². The number of tetrazole rings is 1. The number of nitrogens with one attached hydrogen (secondary N) is 2. The van der Waals surface area contributed by atoms with Crippen LogP contribution >= 0.6 is 15.9 Å². The lowest BCUT2D eigenvalue weighted by molar-refractivity contribution is 0.101. The highest BCUT2D eigenvalue weighted by Crippen LogP contribution is 2.32. The second-order valence-electron chi connectivity index (χ2n) is 8.49. The molecule has 1 saturated carbocycles. The first kappa shape index (κ1) is 21.6. The molecule has 1 amide bonds. The number of H-pyrrole nitrogens is 1. The number of hydrogen-bond donors (Lipinski definition) is 2. The molecule has 0 unspecified atom stereocenters. The van der Waals surface area contributed by atoms with E-state index >= 15 is 0 Å². The summed E-state index contributed by atoms with van der Waals surface area (Å²) in [5, 5.41) is 18.0. The van der Waals surface area contributed by atoms with Gasteiger partial charge in [0, 0.05) is 22.5 Å². The number of rotatable bonds is 6. The highest BCUT2D eigenvalue weighted by molar-refractivity contribution is 9.10.